The number of anilines is 1. The topological polar surface area (TPSA) is 46.2 Å². The molecular formula is C22H21F4NO2S. The summed E-state index contributed by atoms with van der Waals surface area (Å²) >= 11 is 1.33. The summed E-state index contributed by atoms with van der Waals surface area (Å²) in [6, 6.07) is 5.17. The van der Waals surface area contributed by atoms with Gasteiger partial charge in [-0.2, -0.15) is 0 Å². The highest BCUT2D eigenvalue weighted by molar-refractivity contribution is 8.00. The molecule has 3 rings (SSSR count). The van der Waals surface area contributed by atoms with Crippen molar-refractivity contribution in [2.45, 2.75) is 49.2 Å². The normalized spacial score (nSPS) is 19.2. The molecule has 1 aliphatic rings. The van der Waals surface area contributed by atoms with E-state index in [1.807, 2.05) is 0 Å². The molecule has 160 valence electrons. The Morgan fingerprint density at radius 3 is 2.30 bits per heavy atom. The fourth-order valence-electron chi connectivity index (χ4n) is 3.54. The SMILES string of the molecule is CC(=O)C1CCCC(Sc2cc(C(=O)Nc3cc(F)c(F)c(F)c3)ccc2F)CC1. The predicted molar refractivity (Wildman–Crippen MR) is 108 cm³/mol. The number of halogens is 4. The summed E-state index contributed by atoms with van der Waals surface area (Å²) in [4.78, 5) is 24.4. The molecular weight excluding hydrogens is 418 g/mol. The van der Waals surface area contributed by atoms with Crippen LogP contribution < -0.4 is 5.32 Å². The molecule has 1 aliphatic carbocycles. The number of benzene rings is 2. The minimum Gasteiger partial charge on any atom is -0.322 e. The molecule has 0 bridgehead atoms. The minimum atomic E-state index is -1.62. The predicted octanol–water partition coefficient (Wildman–Crippen LogP) is 6.13. The third-order valence-electron chi connectivity index (χ3n) is 5.22. The van der Waals surface area contributed by atoms with Gasteiger partial charge in [-0.15, -0.1) is 11.8 Å². The van der Waals surface area contributed by atoms with Crippen LogP contribution in [0.2, 0.25) is 0 Å². The molecule has 2 aromatic carbocycles. The van der Waals surface area contributed by atoms with Crippen LogP contribution in [0.1, 0.15) is 49.4 Å². The summed E-state index contributed by atoms with van der Waals surface area (Å²) in [5.41, 5.74) is -0.131. The van der Waals surface area contributed by atoms with Gasteiger partial charge in [0.05, 0.1) is 0 Å². The molecule has 0 aliphatic heterocycles. The number of amides is 1. The first-order valence-electron chi connectivity index (χ1n) is 9.67. The molecule has 1 amide bonds. The lowest BCUT2D eigenvalue weighted by molar-refractivity contribution is -0.121. The summed E-state index contributed by atoms with van der Waals surface area (Å²) in [5.74, 6) is -5.39. The van der Waals surface area contributed by atoms with Gasteiger partial charge in [0.2, 0.25) is 0 Å². The second-order valence-electron chi connectivity index (χ2n) is 7.41. The minimum absolute atomic E-state index is 0.0501. The van der Waals surface area contributed by atoms with Crippen LogP contribution >= 0.6 is 11.8 Å². The molecule has 0 radical (unpaired) electrons. The van der Waals surface area contributed by atoms with Crippen molar-refractivity contribution in [1.82, 2.24) is 0 Å². The molecule has 2 unspecified atom stereocenters. The maximum atomic E-state index is 14.3. The molecule has 0 saturated heterocycles. The zero-order valence-electron chi connectivity index (χ0n) is 16.3. The van der Waals surface area contributed by atoms with Gasteiger partial charge in [-0.05, 0) is 50.8 Å². The first-order chi connectivity index (χ1) is 14.2. The molecule has 0 heterocycles. The lowest BCUT2D eigenvalue weighted by Crippen LogP contribution is -2.13. The largest absolute Gasteiger partial charge is 0.322 e. The molecule has 8 heteroatoms. The quantitative estimate of drug-likeness (QED) is 0.347. The molecule has 1 saturated carbocycles. The molecule has 3 nitrogen and oxygen atoms in total. The van der Waals surface area contributed by atoms with Gasteiger partial charge in [-0.25, -0.2) is 17.6 Å². The van der Waals surface area contributed by atoms with E-state index < -0.39 is 29.2 Å². The Balaban J connectivity index is 1.71. The number of carbonyl (C=O) groups is 2. The Kier molecular flexibility index (Phi) is 7.18. The molecule has 0 aromatic heterocycles. The molecule has 2 aromatic rings. The summed E-state index contributed by atoms with van der Waals surface area (Å²) in [6.07, 6.45) is 4.10. The number of thioether (sulfide) groups is 1. The van der Waals surface area contributed by atoms with Crippen molar-refractivity contribution in [2.24, 2.45) is 5.92 Å². The van der Waals surface area contributed by atoms with Crippen LogP contribution in [0, 0.1) is 29.2 Å². The van der Waals surface area contributed by atoms with E-state index in [4.69, 9.17) is 0 Å². The molecule has 1 N–H and O–H groups in total. The van der Waals surface area contributed by atoms with Gasteiger partial charge in [0.25, 0.3) is 5.91 Å². The number of hydrogen-bond donors (Lipinski definition) is 1. The molecule has 30 heavy (non-hydrogen) atoms. The van der Waals surface area contributed by atoms with Gasteiger partial charge in [0.1, 0.15) is 11.6 Å². The molecule has 1 fully saturated rings. The van der Waals surface area contributed by atoms with Crippen molar-refractivity contribution in [3.8, 4) is 0 Å². The van der Waals surface area contributed by atoms with E-state index in [1.54, 1.807) is 6.92 Å². The lowest BCUT2D eigenvalue weighted by Gasteiger charge is -2.15. The Hall–Kier alpha value is -2.35. The van der Waals surface area contributed by atoms with E-state index in [-0.39, 0.29) is 28.2 Å². The number of ketones is 1. The van der Waals surface area contributed by atoms with Crippen molar-refractivity contribution in [1.29, 1.82) is 0 Å². The second-order valence-corrected chi connectivity index (χ2v) is 8.75. The van der Waals surface area contributed by atoms with Crippen LogP contribution in [0.4, 0.5) is 23.2 Å². The average Bonchev–Trinajstić information content (AvgIpc) is 2.93. The van der Waals surface area contributed by atoms with Crippen molar-refractivity contribution < 1.29 is 27.2 Å². The number of nitrogens with one attached hydrogen (secondary N) is 1. The summed E-state index contributed by atoms with van der Waals surface area (Å²) in [5, 5.41) is 2.42. The fourth-order valence-corrected chi connectivity index (χ4v) is 4.81. The summed E-state index contributed by atoms with van der Waals surface area (Å²) < 4.78 is 54.1. The van der Waals surface area contributed by atoms with Crippen molar-refractivity contribution in [3.05, 3.63) is 59.2 Å². The Morgan fingerprint density at radius 1 is 0.933 bits per heavy atom. The van der Waals surface area contributed by atoms with Crippen molar-refractivity contribution in [3.63, 3.8) is 0 Å². The molecule has 0 spiro atoms. The highest BCUT2D eigenvalue weighted by atomic mass is 32.2. The lowest BCUT2D eigenvalue weighted by atomic mass is 9.97. The number of rotatable bonds is 5. The van der Waals surface area contributed by atoms with E-state index in [0.29, 0.717) is 17.0 Å². The number of carbonyl (C=O) groups excluding carboxylic acids is 2. The van der Waals surface area contributed by atoms with Gasteiger partial charge in [-0.3, -0.25) is 9.59 Å². The van der Waals surface area contributed by atoms with E-state index in [0.717, 1.165) is 38.2 Å². The van der Waals surface area contributed by atoms with Gasteiger partial charge in [0.15, 0.2) is 17.5 Å². The smallest absolute Gasteiger partial charge is 0.255 e. The summed E-state index contributed by atoms with van der Waals surface area (Å²) in [6.45, 7) is 1.60. The second kappa shape index (κ2) is 9.64. The van der Waals surface area contributed by atoms with Gasteiger partial charge < -0.3 is 5.32 Å². The monoisotopic (exact) mass is 439 g/mol. The first-order valence-corrected chi connectivity index (χ1v) is 10.5. The van der Waals surface area contributed by atoms with E-state index >= 15 is 0 Å². The maximum Gasteiger partial charge on any atom is 0.255 e. The van der Waals surface area contributed by atoms with Gasteiger partial charge in [-0.1, -0.05) is 6.42 Å². The third kappa shape index (κ3) is 5.41. The first kappa shape index (κ1) is 22.3. The van der Waals surface area contributed by atoms with Crippen LogP contribution in [-0.4, -0.2) is 16.9 Å². The zero-order valence-corrected chi connectivity index (χ0v) is 17.1. The number of Topliss-reactive ketones (excluding diaryl/α,β-unsaturated/α-hetero) is 1. The van der Waals surface area contributed by atoms with Crippen molar-refractivity contribution >= 4 is 29.1 Å². The Morgan fingerprint density at radius 2 is 1.63 bits per heavy atom. The third-order valence-corrected chi connectivity index (χ3v) is 6.59. The van der Waals surface area contributed by atoms with Crippen molar-refractivity contribution in [2.75, 3.05) is 5.32 Å². The van der Waals surface area contributed by atoms with E-state index in [1.165, 1.54) is 23.9 Å². The Bertz CT molecular complexity index is 943. The zero-order chi connectivity index (χ0) is 21.8. The Labute approximate surface area is 176 Å². The molecule has 2 atom stereocenters. The van der Waals surface area contributed by atoms with Crippen LogP contribution in [-0.2, 0) is 4.79 Å². The standard InChI is InChI=1S/C22H21F4NO2S/c1-12(28)13-3-2-4-16(7-5-13)30-20-9-14(6-8-17(20)23)22(29)27-15-10-18(24)21(26)19(25)11-15/h6,8-11,13,16H,2-5,7H2,1H3,(H,27,29). The van der Waals surface area contributed by atoms with Crippen LogP contribution in [0.5, 0.6) is 0 Å². The van der Waals surface area contributed by atoms with Crippen LogP contribution in [0.15, 0.2) is 35.2 Å². The van der Waals surface area contributed by atoms with E-state index in [9.17, 15) is 27.2 Å². The highest BCUT2D eigenvalue weighted by Crippen LogP contribution is 2.36. The number of hydrogen-bond acceptors (Lipinski definition) is 3. The van der Waals surface area contributed by atoms with Crippen LogP contribution in [0.25, 0.3) is 0 Å². The summed E-state index contributed by atoms with van der Waals surface area (Å²) in [7, 11) is 0. The van der Waals surface area contributed by atoms with Gasteiger partial charge in [0, 0.05) is 39.4 Å². The van der Waals surface area contributed by atoms with Gasteiger partial charge >= 0.3 is 0 Å². The fraction of sp³-hybridized carbons (Fsp3) is 0.364. The highest BCUT2D eigenvalue weighted by Gasteiger charge is 2.23. The average molecular weight is 439 g/mol. The van der Waals surface area contributed by atoms with E-state index in [2.05, 4.69) is 5.32 Å². The van der Waals surface area contributed by atoms with Crippen LogP contribution in [0.3, 0.4) is 0 Å². The maximum absolute atomic E-state index is 14.3.